The van der Waals surface area contributed by atoms with E-state index in [2.05, 4.69) is 0 Å². The van der Waals surface area contributed by atoms with Crippen molar-refractivity contribution in [2.45, 2.75) is 28.5 Å². The van der Waals surface area contributed by atoms with Crippen molar-refractivity contribution in [1.82, 2.24) is 0 Å². The maximum atomic E-state index is 12.9. The lowest BCUT2D eigenvalue weighted by atomic mass is 10.1. The van der Waals surface area contributed by atoms with Crippen LogP contribution >= 0.6 is 0 Å². The lowest BCUT2D eigenvalue weighted by molar-refractivity contribution is 0.586. The first kappa shape index (κ1) is 15.2. The first-order valence-electron chi connectivity index (χ1n) is 7.26. The van der Waals surface area contributed by atoms with Crippen molar-refractivity contribution in [3.63, 3.8) is 0 Å². The molecule has 0 bridgehead atoms. The Bertz CT molecular complexity index is 772. The zero-order valence-electron chi connectivity index (χ0n) is 12.4. The van der Waals surface area contributed by atoms with Crippen LogP contribution < -0.4 is 11.5 Å². The van der Waals surface area contributed by atoms with Crippen molar-refractivity contribution < 1.29 is 8.42 Å². The van der Waals surface area contributed by atoms with E-state index in [0.717, 1.165) is 11.1 Å². The molecule has 0 amide bonds. The quantitative estimate of drug-likeness (QED) is 0.897. The molecule has 1 fully saturated rings. The number of rotatable bonds is 4. The lowest BCUT2D eigenvalue weighted by Gasteiger charge is -2.09. The van der Waals surface area contributed by atoms with Gasteiger partial charge in [-0.3, -0.25) is 0 Å². The molecule has 1 aliphatic rings. The monoisotopic (exact) mass is 316 g/mol. The summed E-state index contributed by atoms with van der Waals surface area (Å²) in [5.41, 5.74) is 13.2. The van der Waals surface area contributed by atoms with Gasteiger partial charge in [0, 0.05) is 12.5 Å². The first-order valence-corrected chi connectivity index (χ1v) is 8.80. The highest BCUT2D eigenvalue weighted by Gasteiger charge is 2.68. The Balaban J connectivity index is 2.01. The van der Waals surface area contributed by atoms with Gasteiger partial charge in [-0.2, -0.15) is 0 Å². The predicted molar refractivity (Wildman–Crippen MR) is 87.3 cm³/mol. The Labute approximate surface area is 131 Å². The number of benzene rings is 2. The third-order valence-electron chi connectivity index (χ3n) is 4.50. The Morgan fingerprint density at radius 2 is 1.64 bits per heavy atom. The highest BCUT2D eigenvalue weighted by molar-refractivity contribution is 7.92. The van der Waals surface area contributed by atoms with Gasteiger partial charge in [0.1, 0.15) is 0 Å². The average molecular weight is 316 g/mol. The fourth-order valence-electron chi connectivity index (χ4n) is 3.15. The molecule has 3 rings (SSSR count). The van der Waals surface area contributed by atoms with Gasteiger partial charge in [-0.1, -0.05) is 48.0 Å². The van der Waals surface area contributed by atoms with Crippen molar-refractivity contribution >= 4 is 9.84 Å². The van der Waals surface area contributed by atoms with Gasteiger partial charge in [-0.05, 0) is 24.6 Å². The first-order chi connectivity index (χ1) is 10.4. The Morgan fingerprint density at radius 1 is 1.05 bits per heavy atom. The molecule has 0 aromatic heterocycles. The van der Waals surface area contributed by atoms with E-state index in [9.17, 15) is 8.42 Å². The number of sulfone groups is 1. The van der Waals surface area contributed by atoms with Gasteiger partial charge in [-0.15, -0.1) is 0 Å². The summed E-state index contributed by atoms with van der Waals surface area (Å²) in [5, 5.41) is -0.671. The summed E-state index contributed by atoms with van der Waals surface area (Å²) in [4.78, 5) is 0.310. The van der Waals surface area contributed by atoms with E-state index in [1.165, 1.54) is 0 Å². The summed E-state index contributed by atoms with van der Waals surface area (Å²) in [7, 11) is -3.50. The van der Waals surface area contributed by atoms with Crippen molar-refractivity contribution in [3.05, 3.63) is 65.7 Å². The van der Waals surface area contributed by atoms with Crippen molar-refractivity contribution in [1.29, 1.82) is 0 Å². The second kappa shape index (κ2) is 5.19. The maximum Gasteiger partial charge on any atom is 0.183 e. The summed E-state index contributed by atoms with van der Waals surface area (Å²) in [6.07, 6.45) is 0. The molecule has 1 saturated carbocycles. The maximum absolute atomic E-state index is 12.9. The molecule has 0 unspecified atom stereocenters. The van der Waals surface area contributed by atoms with E-state index in [1.807, 2.05) is 37.3 Å². The second-order valence-corrected chi connectivity index (χ2v) is 8.05. The van der Waals surface area contributed by atoms with Gasteiger partial charge in [0.25, 0.3) is 0 Å². The molecule has 0 saturated heterocycles. The molecule has 1 aliphatic carbocycles. The molecule has 0 aliphatic heterocycles. The fraction of sp³-hybridized carbons (Fsp3) is 0.294. The van der Waals surface area contributed by atoms with Crippen LogP contribution in [0.5, 0.6) is 0 Å². The van der Waals surface area contributed by atoms with Crippen molar-refractivity contribution in [2.75, 3.05) is 6.54 Å². The minimum Gasteiger partial charge on any atom is -0.329 e. The van der Waals surface area contributed by atoms with Gasteiger partial charge in [0.05, 0.1) is 15.7 Å². The summed E-state index contributed by atoms with van der Waals surface area (Å²) in [5.74, 6) is -0.259. The van der Waals surface area contributed by atoms with E-state index >= 15 is 0 Å². The fourth-order valence-corrected chi connectivity index (χ4v) is 5.47. The Morgan fingerprint density at radius 3 is 2.18 bits per heavy atom. The Kier molecular flexibility index (Phi) is 3.59. The largest absolute Gasteiger partial charge is 0.329 e. The van der Waals surface area contributed by atoms with Crippen LogP contribution in [-0.4, -0.2) is 25.8 Å². The molecule has 4 N–H and O–H groups in total. The van der Waals surface area contributed by atoms with E-state index < -0.39 is 20.6 Å². The summed E-state index contributed by atoms with van der Waals surface area (Å²) >= 11 is 0. The predicted octanol–water partition coefficient (Wildman–Crippen LogP) is 1.59. The summed E-state index contributed by atoms with van der Waals surface area (Å²) in [6, 6.07) is 16.4. The van der Waals surface area contributed by atoms with Crippen molar-refractivity contribution in [2.24, 2.45) is 11.5 Å². The van der Waals surface area contributed by atoms with E-state index in [1.54, 1.807) is 24.3 Å². The zero-order valence-corrected chi connectivity index (χ0v) is 13.3. The molecule has 4 nitrogen and oxygen atoms in total. The molecule has 3 atom stereocenters. The minimum absolute atomic E-state index is 0.141. The summed E-state index contributed by atoms with van der Waals surface area (Å²) < 4.78 is 25.9. The molecule has 116 valence electrons. The van der Waals surface area contributed by atoms with E-state index in [-0.39, 0.29) is 12.5 Å². The van der Waals surface area contributed by atoms with Gasteiger partial charge in [0.2, 0.25) is 0 Å². The van der Waals surface area contributed by atoms with Crippen LogP contribution in [0.15, 0.2) is 59.5 Å². The highest BCUT2D eigenvalue weighted by Crippen LogP contribution is 2.55. The molecule has 2 aromatic carbocycles. The number of hydrogen-bond donors (Lipinski definition) is 2. The van der Waals surface area contributed by atoms with Crippen LogP contribution in [0.4, 0.5) is 0 Å². The normalized spacial score (nSPS) is 27.6. The number of nitrogens with two attached hydrogens (primary N) is 2. The number of hydrogen-bond acceptors (Lipinski definition) is 4. The van der Waals surface area contributed by atoms with Crippen LogP contribution in [0.3, 0.4) is 0 Å². The Hall–Kier alpha value is -1.69. The van der Waals surface area contributed by atoms with Crippen LogP contribution in [0.25, 0.3) is 0 Å². The average Bonchev–Trinajstić information content (AvgIpc) is 3.16. The van der Waals surface area contributed by atoms with Crippen LogP contribution in [-0.2, 0) is 9.84 Å². The highest BCUT2D eigenvalue weighted by atomic mass is 32.2. The molecular weight excluding hydrogens is 296 g/mol. The standard InChI is InChI=1S/C17H20N2O2S/c1-12-7-9-14(10-8-12)22(20,21)16-15(17(16,19)11-18)13-5-3-2-4-6-13/h2-10,15-16H,11,18-19H2,1H3/t15-,16-,17-/m0/s1. The molecular formula is C17H20N2O2S. The van der Waals surface area contributed by atoms with E-state index in [0.29, 0.717) is 4.90 Å². The zero-order chi connectivity index (χ0) is 16.0. The van der Waals surface area contributed by atoms with Crippen LogP contribution in [0, 0.1) is 6.92 Å². The molecule has 0 spiro atoms. The third-order valence-corrected chi connectivity index (χ3v) is 6.81. The molecule has 0 heterocycles. The number of aryl methyl sites for hydroxylation is 1. The SMILES string of the molecule is Cc1ccc(S(=O)(=O)[C@H]2[C@H](c3ccccc3)[C@@]2(N)CN)cc1. The molecule has 2 aromatic rings. The molecule has 5 heteroatoms. The smallest absolute Gasteiger partial charge is 0.183 e. The van der Waals surface area contributed by atoms with Gasteiger partial charge in [-0.25, -0.2) is 8.42 Å². The second-order valence-electron chi connectivity index (χ2n) is 5.98. The summed E-state index contributed by atoms with van der Waals surface area (Å²) in [6.45, 7) is 2.07. The van der Waals surface area contributed by atoms with Gasteiger partial charge in [0.15, 0.2) is 9.84 Å². The van der Waals surface area contributed by atoms with Gasteiger partial charge < -0.3 is 11.5 Å². The van der Waals surface area contributed by atoms with Gasteiger partial charge >= 0.3 is 0 Å². The topological polar surface area (TPSA) is 86.2 Å². The van der Waals surface area contributed by atoms with Crippen LogP contribution in [0.2, 0.25) is 0 Å². The molecule has 22 heavy (non-hydrogen) atoms. The lowest BCUT2D eigenvalue weighted by Crippen LogP contribution is -2.39. The minimum atomic E-state index is -3.50. The third kappa shape index (κ3) is 2.26. The van der Waals surface area contributed by atoms with Crippen molar-refractivity contribution in [3.8, 4) is 0 Å². The van der Waals surface area contributed by atoms with Crippen LogP contribution in [0.1, 0.15) is 17.0 Å². The van der Waals surface area contributed by atoms with E-state index in [4.69, 9.17) is 11.5 Å². The molecule has 0 radical (unpaired) electrons.